The van der Waals surface area contributed by atoms with E-state index in [0.717, 1.165) is 10.9 Å². The van der Waals surface area contributed by atoms with Gasteiger partial charge < -0.3 is 81.1 Å². The number of guanidine groups is 2. The second kappa shape index (κ2) is 29.6. The number of benzene rings is 2. The third-order valence-electron chi connectivity index (χ3n) is 11.9. The molecule has 3 aromatic rings. The van der Waals surface area contributed by atoms with Gasteiger partial charge in [-0.25, -0.2) is 0 Å². The number of para-hydroxylation sites is 1. The van der Waals surface area contributed by atoms with Crippen molar-refractivity contribution in [2.45, 2.75) is 113 Å². The van der Waals surface area contributed by atoms with Crippen LogP contribution in [-0.2, 0) is 51.2 Å². The Hall–Kier alpha value is -7.93. The maximum absolute atomic E-state index is 14.6. The minimum atomic E-state index is -1.53. The average molecular weight is 1050 g/mol. The molecule has 1 aromatic heterocycles. The predicted octanol–water partition coefficient (Wildman–Crippen LogP) is -2.33. The second-order valence-electron chi connectivity index (χ2n) is 17.8. The number of nitrogens with one attached hydrogen (secondary N) is 13. The summed E-state index contributed by atoms with van der Waals surface area (Å²) >= 11 is 6.32. The molecule has 7 atom stereocenters. The molecule has 0 saturated carbocycles. The summed E-state index contributed by atoms with van der Waals surface area (Å²) in [6, 6.07) is 4.82. The summed E-state index contributed by atoms with van der Waals surface area (Å²) in [5, 5.41) is 42.9. The van der Waals surface area contributed by atoms with Crippen LogP contribution in [0.15, 0.2) is 67.0 Å². The van der Waals surface area contributed by atoms with Crippen molar-refractivity contribution in [2.24, 2.45) is 22.9 Å². The summed E-state index contributed by atoms with van der Waals surface area (Å²) in [5.41, 5.74) is 25.2. The van der Waals surface area contributed by atoms with Crippen molar-refractivity contribution < 1.29 is 38.4 Å². The Kier molecular flexibility index (Phi) is 23.4. The van der Waals surface area contributed by atoms with E-state index in [0.29, 0.717) is 16.1 Å². The molecule has 402 valence electrons. The van der Waals surface area contributed by atoms with Crippen LogP contribution in [0.1, 0.15) is 69.4 Å². The van der Waals surface area contributed by atoms with Gasteiger partial charge in [-0.3, -0.25) is 49.2 Å². The van der Waals surface area contributed by atoms with E-state index in [1.165, 1.54) is 6.92 Å². The van der Waals surface area contributed by atoms with Gasteiger partial charge >= 0.3 is 0 Å². The zero-order valence-electron chi connectivity index (χ0n) is 41.3. The number of halogens is 1. The molecule has 1 aliphatic heterocycles. The predicted molar refractivity (Wildman–Crippen MR) is 279 cm³/mol. The molecule has 2 aromatic carbocycles. The van der Waals surface area contributed by atoms with E-state index in [1.54, 1.807) is 30.5 Å². The number of nitrogens with two attached hydrogens (primary N) is 4. The first kappa shape index (κ1) is 58.6. The number of H-pyrrole nitrogens is 1. The van der Waals surface area contributed by atoms with Crippen LogP contribution >= 0.6 is 11.6 Å². The standard InChI is InChI=1S/C48H70ClN17O8/c1-26(51)32-13-6-18-56-40(68)17-16-36(63-41(69)34(60-27(2)67)14-7-19-57-47(52)53)43(71)66-39(24-50)46(74)64-37(22-28-9-5-10-30(49)21-28)44(72)62-35(15-8-20-58-48(54)55)42(70)65-38(45(73)61-32)23-29-25-59-33-12-4-3-11-31(29)33/h3-5,9-12,21,25,32,34-39,59H,1,6-8,13-20,22-24,50-51H2,2H3,(H,56,68)(H,60,67)(H,61,73)(H,62,72)(H,63,69)(H,64,74)(H,65,70)(H,66,71)(H4,52,53,57)(H4,54,55,58)/t32?,34-,35-,36-,37+,38-,39-/m0/s1. The number of aromatic nitrogens is 1. The van der Waals surface area contributed by atoms with Crippen LogP contribution in [0.25, 0.3) is 10.9 Å². The fraction of sp³-hybridized carbons (Fsp3) is 0.458. The van der Waals surface area contributed by atoms with Crippen molar-refractivity contribution in [1.29, 1.82) is 10.8 Å². The van der Waals surface area contributed by atoms with Gasteiger partial charge in [-0.15, -0.1) is 0 Å². The molecular weight excluding hydrogens is 978 g/mol. The van der Waals surface area contributed by atoms with Crippen molar-refractivity contribution in [3.8, 4) is 0 Å². The molecule has 26 heteroatoms. The molecule has 21 N–H and O–H groups in total. The number of carbonyl (C=O) groups excluding carboxylic acids is 8. The first-order valence-electron chi connectivity index (χ1n) is 24.2. The van der Waals surface area contributed by atoms with Crippen molar-refractivity contribution in [2.75, 3.05) is 26.2 Å². The van der Waals surface area contributed by atoms with Gasteiger partial charge in [0, 0.05) is 80.2 Å². The third kappa shape index (κ3) is 19.6. The number of aromatic amines is 1. The van der Waals surface area contributed by atoms with Gasteiger partial charge in [0.25, 0.3) is 0 Å². The summed E-state index contributed by atoms with van der Waals surface area (Å²) < 4.78 is 0. The van der Waals surface area contributed by atoms with Gasteiger partial charge in [-0.05, 0) is 74.3 Å². The minimum Gasteiger partial charge on any atom is -0.401 e. The maximum atomic E-state index is 14.6. The number of carbonyl (C=O) groups is 8. The number of amides is 8. The lowest BCUT2D eigenvalue weighted by Gasteiger charge is -2.28. The lowest BCUT2D eigenvalue weighted by atomic mass is 10.0. The van der Waals surface area contributed by atoms with Crippen LogP contribution in [0.5, 0.6) is 0 Å². The Morgan fingerprint density at radius 3 is 2.07 bits per heavy atom. The summed E-state index contributed by atoms with van der Waals surface area (Å²) in [7, 11) is 0. The van der Waals surface area contributed by atoms with Gasteiger partial charge in [-0.1, -0.05) is 48.5 Å². The minimum absolute atomic E-state index is 0.0123. The lowest BCUT2D eigenvalue weighted by Crippen LogP contribution is -2.61. The Morgan fingerprint density at radius 2 is 1.41 bits per heavy atom. The molecule has 8 amide bonds. The topological polar surface area (TPSA) is 424 Å². The molecule has 0 spiro atoms. The van der Waals surface area contributed by atoms with Crippen LogP contribution in [-0.4, -0.2) is 133 Å². The molecule has 74 heavy (non-hydrogen) atoms. The number of hydrogen-bond donors (Lipinski definition) is 17. The SMILES string of the molecule is C=C(N)C1CCCNC(=O)CC[C@H](NC(=O)[C@H](CCCNC(=N)N)NC(C)=O)C(=O)N[C@@H](CN)C(=O)N[C@H](Cc2cccc(Cl)c2)C(=O)N[C@@H](CCCNC(=N)N)C(=O)N[C@@H](Cc2c[nH]c3ccccc23)C(=O)N1. The zero-order chi connectivity index (χ0) is 54.3. The van der Waals surface area contributed by atoms with Gasteiger partial charge in [0.05, 0.1) is 6.04 Å². The summed E-state index contributed by atoms with van der Waals surface area (Å²) in [6.07, 6.45) is 1.88. The second-order valence-corrected chi connectivity index (χ2v) is 18.3. The Labute approximate surface area is 433 Å². The number of fused-ring (bicyclic) bond motifs is 1. The third-order valence-corrected chi connectivity index (χ3v) is 12.1. The van der Waals surface area contributed by atoms with Crippen molar-refractivity contribution in [1.82, 2.24) is 58.2 Å². The van der Waals surface area contributed by atoms with E-state index in [1.807, 2.05) is 24.3 Å². The summed E-state index contributed by atoms with van der Waals surface area (Å²) in [5.74, 6) is -6.60. The highest BCUT2D eigenvalue weighted by Crippen LogP contribution is 2.20. The molecule has 1 fully saturated rings. The normalized spacial score (nSPS) is 21.2. The van der Waals surface area contributed by atoms with Crippen molar-refractivity contribution in [3.05, 3.63) is 83.2 Å². The Bertz CT molecular complexity index is 2500. The first-order valence-corrected chi connectivity index (χ1v) is 24.6. The lowest BCUT2D eigenvalue weighted by molar-refractivity contribution is -0.135. The quantitative estimate of drug-likeness (QED) is 0.0383. The molecule has 2 heterocycles. The highest BCUT2D eigenvalue weighted by Gasteiger charge is 2.34. The molecular formula is C48H70ClN17O8. The average Bonchev–Trinajstić information content (AvgIpc) is 3.75. The van der Waals surface area contributed by atoms with Gasteiger partial charge in [0.1, 0.15) is 36.3 Å². The Morgan fingerprint density at radius 1 is 0.784 bits per heavy atom. The van der Waals surface area contributed by atoms with Crippen molar-refractivity contribution in [3.63, 3.8) is 0 Å². The zero-order valence-corrected chi connectivity index (χ0v) is 42.1. The monoisotopic (exact) mass is 1050 g/mol. The molecule has 1 unspecified atom stereocenters. The van der Waals surface area contributed by atoms with Gasteiger partial charge in [0.15, 0.2) is 11.9 Å². The van der Waals surface area contributed by atoms with Crippen molar-refractivity contribution >= 4 is 81.7 Å². The van der Waals surface area contributed by atoms with E-state index in [-0.39, 0.29) is 101 Å². The van der Waals surface area contributed by atoms with E-state index in [4.69, 9.17) is 45.4 Å². The maximum Gasteiger partial charge on any atom is 0.244 e. The van der Waals surface area contributed by atoms with Crippen LogP contribution < -0.4 is 76.1 Å². The number of rotatable bonds is 17. The van der Waals surface area contributed by atoms with Crippen LogP contribution in [0.2, 0.25) is 5.02 Å². The highest BCUT2D eigenvalue weighted by atomic mass is 35.5. The van der Waals surface area contributed by atoms with Crippen LogP contribution in [0.4, 0.5) is 0 Å². The van der Waals surface area contributed by atoms with E-state index in [2.05, 4.69) is 64.7 Å². The molecule has 0 aliphatic carbocycles. The van der Waals surface area contributed by atoms with Gasteiger partial charge in [0.2, 0.25) is 47.3 Å². The van der Waals surface area contributed by atoms with Crippen LogP contribution in [0, 0.1) is 10.8 Å². The van der Waals surface area contributed by atoms with E-state index < -0.39 is 96.1 Å². The molecule has 1 saturated heterocycles. The van der Waals surface area contributed by atoms with E-state index in [9.17, 15) is 38.4 Å². The summed E-state index contributed by atoms with van der Waals surface area (Å²) in [4.78, 5) is 114. The first-order chi connectivity index (χ1) is 35.2. The van der Waals surface area contributed by atoms with E-state index >= 15 is 0 Å². The molecule has 4 rings (SSSR count). The number of hydrogen-bond acceptors (Lipinski definition) is 12. The largest absolute Gasteiger partial charge is 0.401 e. The molecule has 1 aliphatic rings. The fourth-order valence-electron chi connectivity index (χ4n) is 8.06. The molecule has 0 radical (unpaired) electrons. The van der Waals surface area contributed by atoms with Gasteiger partial charge in [-0.2, -0.15) is 0 Å². The fourth-order valence-corrected chi connectivity index (χ4v) is 8.28. The summed E-state index contributed by atoms with van der Waals surface area (Å²) in [6.45, 7) is 4.96. The highest BCUT2D eigenvalue weighted by molar-refractivity contribution is 6.30. The Balaban J connectivity index is 1.74. The molecule has 0 bridgehead atoms. The van der Waals surface area contributed by atoms with Crippen LogP contribution in [0.3, 0.4) is 0 Å². The smallest absolute Gasteiger partial charge is 0.244 e. The molecule has 25 nitrogen and oxygen atoms in total.